The molecule has 1 saturated heterocycles. The van der Waals surface area contributed by atoms with Crippen molar-refractivity contribution in [1.29, 1.82) is 0 Å². The molecule has 1 aliphatic heterocycles. The van der Waals surface area contributed by atoms with E-state index in [4.69, 9.17) is 0 Å². The summed E-state index contributed by atoms with van der Waals surface area (Å²) in [6.45, 7) is 1.00. The summed E-state index contributed by atoms with van der Waals surface area (Å²) < 4.78 is 13.2. The molecule has 2 N–H and O–H groups in total. The van der Waals surface area contributed by atoms with Gasteiger partial charge in [0, 0.05) is 13.1 Å². The van der Waals surface area contributed by atoms with Gasteiger partial charge in [0.25, 0.3) is 5.91 Å². The molecule has 2 heterocycles. The molecule has 1 aromatic heterocycles. The Morgan fingerprint density at radius 1 is 1.23 bits per heavy atom. The maximum absolute atomic E-state index is 13.2. The van der Waals surface area contributed by atoms with Crippen LogP contribution in [0.5, 0.6) is 0 Å². The Balaban J connectivity index is 1.35. The molecule has 4 rings (SSSR count). The van der Waals surface area contributed by atoms with E-state index < -0.39 is 0 Å². The topological polar surface area (TPSA) is 61.4 Å². The predicted molar refractivity (Wildman–Crippen MR) is 97.4 cm³/mol. The minimum absolute atomic E-state index is 0.0109. The van der Waals surface area contributed by atoms with Crippen molar-refractivity contribution in [3.05, 3.63) is 58.0 Å². The van der Waals surface area contributed by atoms with E-state index in [1.54, 1.807) is 18.2 Å². The van der Waals surface area contributed by atoms with Crippen LogP contribution in [-0.4, -0.2) is 35.5 Å². The maximum Gasteiger partial charge on any atom is 0.317 e. The Labute approximate surface area is 155 Å². The van der Waals surface area contributed by atoms with Crippen LogP contribution in [0.15, 0.2) is 41.8 Å². The number of hydrogen-bond donors (Lipinski definition) is 2. The lowest BCUT2D eigenvalue weighted by Crippen LogP contribution is -2.54. The molecule has 7 heteroatoms. The van der Waals surface area contributed by atoms with Crippen LogP contribution in [0.25, 0.3) is 0 Å². The molecule has 5 nitrogen and oxygen atoms in total. The molecule has 3 amide bonds. The van der Waals surface area contributed by atoms with Gasteiger partial charge < -0.3 is 15.5 Å². The van der Waals surface area contributed by atoms with E-state index in [1.807, 2.05) is 16.3 Å². The van der Waals surface area contributed by atoms with Crippen LogP contribution in [0.1, 0.15) is 28.1 Å². The number of amides is 3. The molecule has 0 unspecified atom stereocenters. The molecule has 1 aliphatic carbocycles. The minimum atomic E-state index is -0.312. The van der Waals surface area contributed by atoms with Gasteiger partial charge in [0.2, 0.25) is 0 Å². The molecule has 136 valence electrons. The van der Waals surface area contributed by atoms with Crippen molar-refractivity contribution in [3.63, 3.8) is 0 Å². The minimum Gasteiger partial charge on any atom is -0.347 e. The number of carbonyl (C=O) groups excluding carboxylic acids is 2. The number of hydrogen-bond acceptors (Lipinski definition) is 3. The van der Waals surface area contributed by atoms with Gasteiger partial charge in [0.1, 0.15) is 5.82 Å². The fourth-order valence-corrected chi connectivity index (χ4v) is 4.61. The normalized spacial score (nSPS) is 23.9. The van der Waals surface area contributed by atoms with Crippen LogP contribution in [-0.2, 0) is 6.54 Å². The zero-order valence-electron chi connectivity index (χ0n) is 14.2. The molecule has 0 spiro atoms. The lowest BCUT2D eigenvalue weighted by Gasteiger charge is -2.33. The van der Waals surface area contributed by atoms with E-state index in [1.165, 1.54) is 23.5 Å². The Kier molecular flexibility index (Phi) is 4.63. The monoisotopic (exact) mass is 373 g/mol. The van der Waals surface area contributed by atoms with E-state index in [2.05, 4.69) is 10.6 Å². The zero-order valence-corrected chi connectivity index (χ0v) is 15.0. The van der Waals surface area contributed by atoms with Gasteiger partial charge in [-0.1, -0.05) is 18.2 Å². The summed E-state index contributed by atoms with van der Waals surface area (Å²) in [5.74, 6) is 0.0413. The highest BCUT2D eigenvalue weighted by Gasteiger charge is 2.47. The number of urea groups is 1. The van der Waals surface area contributed by atoms with E-state index in [0.29, 0.717) is 17.3 Å². The number of nitrogens with one attached hydrogen (secondary N) is 2. The number of rotatable bonds is 4. The van der Waals surface area contributed by atoms with Crippen molar-refractivity contribution < 1.29 is 14.0 Å². The molecule has 0 radical (unpaired) electrons. The van der Waals surface area contributed by atoms with Gasteiger partial charge in [0.15, 0.2) is 0 Å². The highest BCUT2D eigenvalue weighted by molar-refractivity contribution is 7.12. The molecule has 26 heavy (non-hydrogen) atoms. The SMILES string of the molecule is O=C(N[C@H]1C[C@@H]2C[C@H]1N(C(=O)NCc1cccc(F)c1)C2)c1cccs1. The number of halogens is 1. The van der Waals surface area contributed by atoms with E-state index in [-0.39, 0.29) is 36.4 Å². The summed E-state index contributed by atoms with van der Waals surface area (Å²) in [6, 6.07) is 9.72. The number of carbonyl (C=O) groups is 2. The van der Waals surface area contributed by atoms with Gasteiger partial charge >= 0.3 is 6.03 Å². The third-order valence-corrected chi connectivity index (χ3v) is 6.01. The van der Waals surface area contributed by atoms with Crippen LogP contribution in [0, 0.1) is 11.7 Å². The van der Waals surface area contributed by atoms with Gasteiger partial charge in [-0.25, -0.2) is 9.18 Å². The van der Waals surface area contributed by atoms with Gasteiger partial charge in [0.05, 0.1) is 17.0 Å². The molecule has 3 atom stereocenters. The first-order valence-electron chi connectivity index (χ1n) is 8.73. The van der Waals surface area contributed by atoms with E-state index in [9.17, 15) is 14.0 Å². The van der Waals surface area contributed by atoms with Gasteiger partial charge in [-0.05, 0) is 47.9 Å². The summed E-state index contributed by atoms with van der Waals surface area (Å²) in [7, 11) is 0. The molecule has 2 fully saturated rings. The molecule has 1 saturated carbocycles. The molecular formula is C19H20FN3O2S. The second-order valence-electron chi connectivity index (χ2n) is 6.90. The number of likely N-dealkylation sites (tertiary alicyclic amines) is 1. The molecule has 2 aromatic rings. The number of piperidine rings is 1. The predicted octanol–water partition coefficient (Wildman–Crippen LogP) is 2.99. The van der Waals surface area contributed by atoms with Crippen molar-refractivity contribution >= 4 is 23.3 Å². The van der Waals surface area contributed by atoms with Crippen molar-refractivity contribution in [2.24, 2.45) is 5.92 Å². The van der Waals surface area contributed by atoms with Crippen molar-refractivity contribution in [2.45, 2.75) is 31.5 Å². The average molecular weight is 373 g/mol. The molecule has 2 bridgehead atoms. The third-order valence-electron chi connectivity index (χ3n) is 5.14. The van der Waals surface area contributed by atoms with Crippen LogP contribution in [0.3, 0.4) is 0 Å². The standard InChI is InChI=1S/C19H20FN3O2S/c20-14-4-1-3-12(7-14)10-21-19(25)23-11-13-8-15(16(23)9-13)22-18(24)17-5-2-6-26-17/h1-7,13,15-16H,8-11H2,(H,21,25)(H,22,24)/t13-,15+,16-/m1/s1. The first-order valence-corrected chi connectivity index (χ1v) is 9.61. The fourth-order valence-electron chi connectivity index (χ4n) is 3.99. The van der Waals surface area contributed by atoms with Crippen LogP contribution in [0.2, 0.25) is 0 Å². The second kappa shape index (κ2) is 7.07. The highest BCUT2D eigenvalue weighted by atomic mass is 32.1. The Morgan fingerprint density at radius 2 is 2.12 bits per heavy atom. The number of nitrogens with zero attached hydrogens (tertiary/aromatic N) is 1. The maximum atomic E-state index is 13.2. The van der Waals surface area contributed by atoms with Gasteiger partial charge in [-0.15, -0.1) is 11.3 Å². The van der Waals surface area contributed by atoms with Crippen LogP contribution < -0.4 is 10.6 Å². The summed E-state index contributed by atoms with van der Waals surface area (Å²) in [4.78, 5) is 27.4. The van der Waals surface area contributed by atoms with Gasteiger partial charge in [-0.2, -0.15) is 0 Å². The third kappa shape index (κ3) is 3.44. The van der Waals surface area contributed by atoms with Crippen molar-refractivity contribution in [3.8, 4) is 0 Å². The molecule has 1 aromatic carbocycles. The van der Waals surface area contributed by atoms with E-state index >= 15 is 0 Å². The highest BCUT2D eigenvalue weighted by Crippen LogP contribution is 2.38. The van der Waals surface area contributed by atoms with Gasteiger partial charge in [-0.3, -0.25) is 4.79 Å². The quantitative estimate of drug-likeness (QED) is 0.866. The number of fused-ring (bicyclic) bond motifs is 2. The Morgan fingerprint density at radius 3 is 2.85 bits per heavy atom. The zero-order chi connectivity index (χ0) is 18.1. The van der Waals surface area contributed by atoms with Crippen LogP contribution in [0.4, 0.5) is 9.18 Å². The van der Waals surface area contributed by atoms with Crippen molar-refractivity contribution in [2.75, 3.05) is 6.54 Å². The number of thiophene rings is 1. The summed E-state index contributed by atoms with van der Waals surface area (Å²) in [5.41, 5.74) is 0.727. The fraction of sp³-hybridized carbons (Fsp3) is 0.368. The first-order chi connectivity index (χ1) is 12.6. The Bertz CT molecular complexity index is 811. The lowest BCUT2D eigenvalue weighted by molar-refractivity contribution is 0.0906. The summed E-state index contributed by atoms with van der Waals surface area (Å²) >= 11 is 1.41. The first kappa shape index (κ1) is 17.0. The smallest absolute Gasteiger partial charge is 0.317 e. The van der Waals surface area contributed by atoms with Crippen LogP contribution >= 0.6 is 11.3 Å². The van der Waals surface area contributed by atoms with E-state index in [0.717, 1.165) is 18.4 Å². The Hall–Kier alpha value is -2.41. The van der Waals surface area contributed by atoms with Crippen molar-refractivity contribution in [1.82, 2.24) is 15.5 Å². The molecule has 2 aliphatic rings. The summed E-state index contributed by atoms with van der Waals surface area (Å²) in [5, 5.41) is 7.82. The molecular weight excluding hydrogens is 353 g/mol. The lowest BCUT2D eigenvalue weighted by atomic mass is 10.1. The largest absolute Gasteiger partial charge is 0.347 e. The second-order valence-corrected chi connectivity index (χ2v) is 7.85. The average Bonchev–Trinajstić information content (AvgIpc) is 3.36. The number of benzene rings is 1. The summed E-state index contributed by atoms with van der Waals surface area (Å²) in [6.07, 6.45) is 1.83.